The van der Waals surface area contributed by atoms with Crippen LogP contribution in [0.3, 0.4) is 0 Å². The van der Waals surface area contributed by atoms with Crippen molar-refractivity contribution in [3.63, 3.8) is 0 Å². The lowest BCUT2D eigenvalue weighted by Crippen LogP contribution is -2.41. The summed E-state index contributed by atoms with van der Waals surface area (Å²) in [4.78, 5) is 12.7. The van der Waals surface area contributed by atoms with Crippen LogP contribution in [0.25, 0.3) is 0 Å². The smallest absolute Gasteiger partial charge is 0.319 e. The van der Waals surface area contributed by atoms with E-state index in [0.29, 0.717) is 25.5 Å². The van der Waals surface area contributed by atoms with Crippen molar-refractivity contribution in [2.24, 2.45) is 0 Å². The first kappa shape index (κ1) is 22.5. The first-order valence-electron chi connectivity index (χ1n) is 10.5. The summed E-state index contributed by atoms with van der Waals surface area (Å²) in [6.45, 7) is 3.25. The molecular weight excluding hydrogens is 437 g/mol. The summed E-state index contributed by atoms with van der Waals surface area (Å²) in [6.07, 6.45) is 1.48. The number of carbonyl (C=O) groups is 1. The van der Waals surface area contributed by atoms with Crippen molar-refractivity contribution in [1.29, 1.82) is 0 Å². The highest BCUT2D eigenvalue weighted by atomic mass is 32.2. The van der Waals surface area contributed by atoms with E-state index in [0.717, 1.165) is 18.4 Å². The number of urea groups is 1. The number of rotatable bonds is 7. The molecule has 0 aromatic heterocycles. The highest BCUT2D eigenvalue weighted by Crippen LogP contribution is 2.45. The zero-order valence-corrected chi connectivity index (χ0v) is 18.6. The number of nitrogens with zero attached hydrogens (tertiary/aromatic N) is 1. The molecule has 1 aliphatic heterocycles. The maximum Gasteiger partial charge on any atom is 0.319 e. The van der Waals surface area contributed by atoms with E-state index in [4.69, 9.17) is 9.47 Å². The fourth-order valence-corrected chi connectivity index (χ4v) is 5.31. The van der Waals surface area contributed by atoms with Gasteiger partial charge in [0.25, 0.3) is 0 Å². The van der Waals surface area contributed by atoms with Gasteiger partial charge in [0, 0.05) is 18.8 Å². The summed E-state index contributed by atoms with van der Waals surface area (Å²) in [5.41, 5.74) is 0.621. The Bertz CT molecular complexity index is 1080. The normalized spacial score (nSPS) is 18.1. The molecule has 2 aliphatic rings. The molecule has 0 bridgehead atoms. The molecule has 1 saturated carbocycles. The van der Waals surface area contributed by atoms with Crippen molar-refractivity contribution in [1.82, 2.24) is 9.62 Å². The summed E-state index contributed by atoms with van der Waals surface area (Å²) in [7, 11) is -3.82. The molecule has 0 radical (unpaired) electrons. The van der Waals surface area contributed by atoms with E-state index in [1.54, 1.807) is 31.2 Å². The van der Waals surface area contributed by atoms with Crippen LogP contribution in [0.4, 0.5) is 14.9 Å². The Morgan fingerprint density at radius 2 is 1.84 bits per heavy atom. The molecule has 32 heavy (non-hydrogen) atoms. The van der Waals surface area contributed by atoms with Gasteiger partial charge in [0.05, 0.1) is 25.4 Å². The third-order valence-electron chi connectivity index (χ3n) is 5.59. The molecule has 172 valence electrons. The van der Waals surface area contributed by atoms with Crippen molar-refractivity contribution in [2.45, 2.75) is 30.2 Å². The van der Waals surface area contributed by atoms with Crippen molar-refractivity contribution in [2.75, 3.05) is 38.2 Å². The quantitative estimate of drug-likeness (QED) is 0.658. The van der Waals surface area contributed by atoms with Gasteiger partial charge in [0.15, 0.2) is 0 Å². The van der Waals surface area contributed by atoms with Gasteiger partial charge in [-0.3, -0.25) is 0 Å². The second-order valence-corrected chi connectivity index (χ2v) is 9.69. The summed E-state index contributed by atoms with van der Waals surface area (Å²) >= 11 is 0. The van der Waals surface area contributed by atoms with Crippen LogP contribution in [-0.4, -0.2) is 51.7 Å². The number of ether oxygens (including phenoxy) is 2. The Morgan fingerprint density at radius 1 is 1.16 bits per heavy atom. The largest absolute Gasteiger partial charge is 0.492 e. The Labute approximate surface area is 186 Å². The highest BCUT2D eigenvalue weighted by Gasteiger charge is 2.45. The van der Waals surface area contributed by atoms with E-state index < -0.39 is 21.6 Å². The van der Waals surface area contributed by atoms with Gasteiger partial charge in [-0.2, -0.15) is 4.31 Å². The van der Waals surface area contributed by atoms with Gasteiger partial charge in [-0.05, 0) is 55.7 Å². The van der Waals surface area contributed by atoms with Crippen LogP contribution in [0.1, 0.15) is 25.3 Å². The topological polar surface area (TPSA) is 97.0 Å². The molecule has 10 heteroatoms. The molecular formula is C22H26FN3O5S. The third kappa shape index (κ3) is 4.72. The van der Waals surface area contributed by atoms with E-state index in [2.05, 4.69) is 10.6 Å². The average molecular weight is 464 g/mol. The van der Waals surface area contributed by atoms with Crippen LogP contribution in [0, 0.1) is 5.82 Å². The predicted octanol–water partition coefficient (Wildman–Crippen LogP) is 3.06. The van der Waals surface area contributed by atoms with Gasteiger partial charge >= 0.3 is 6.03 Å². The van der Waals surface area contributed by atoms with E-state index in [1.165, 1.54) is 22.5 Å². The predicted molar refractivity (Wildman–Crippen MR) is 117 cm³/mol. The Hall–Kier alpha value is -2.69. The fourth-order valence-electron chi connectivity index (χ4n) is 3.75. The van der Waals surface area contributed by atoms with Crippen LogP contribution in [0.2, 0.25) is 0 Å². The van der Waals surface area contributed by atoms with Crippen molar-refractivity contribution >= 4 is 21.7 Å². The SMILES string of the molecule is CCOc1ccc(NC(=O)NC2(c3ccc(F)cc3)CC2)cc1S(=O)(=O)N1CCOCC1. The maximum atomic E-state index is 13.2. The number of hydrogen-bond donors (Lipinski definition) is 2. The Morgan fingerprint density at radius 3 is 2.47 bits per heavy atom. The lowest BCUT2D eigenvalue weighted by Gasteiger charge is -2.27. The minimum Gasteiger partial charge on any atom is -0.492 e. The van der Waals surface area contributed by atoms with Gasteiger partial charge in [0.1, 0.15) is 16.5 Å². The number of anilines is 1. The molecule has 2 aromatic rings. The Kier molecular flexibility index (Phi) is 6.36. The monoisotopic (exact) mass is 463 g/mol. The molecule has 0 spiro atoms. The van der Waals surface area contributed by atoms with Crippen molar-refractivity contribution in [3.8, 4) is 5.75 Å². The summed E-state index contributed by atoms with van der Waals surface area (Å²) in [6, 6.07) is 10.1. The fraction of sp³-hybridized carbons (Fsp3) is 0.409. The van der Waals surface area contributed by atoms with Crippen LogP contribution < -0.4 is 15.4 Å². The van der Waals surface area contributed by atoms with E-state index in [-0.39, 0.29) is 29.6 Å². The third-order valence-corrected chi connectivity index (χ3v) is 7.51. The molecule has 1 saturated heterocycles. The first-order valence-corrected chi connectivity index (χ1v) is 12.0. The van der Waals surface area contributed by atoms with Gasteiger partial charge < -0.3 is 20.1 Å². The standard InChI is InChI=1S/C22H26FN3O5S/c1-2-31-19-8-7-18(15-20(19)32(28,29)26-11-13-30-14-12-26)24-21(27)25-22(9-10-22)16-3-5-17(23)6-4-16/h3-8,15H,2,9-14H2,1H3,(H2,24,25,27). The number of amides is 2. The number of sulfonamides is 1. The average Bonchev–Trinajstić information content (AvgIpc) is 3.56. The molecule has 8 nitrogen and oxygen atoms in total. The van der Waals surface area contributed by atoms with Gasteiger partial charge in [-0.15, -0.1) is 0 Å². The zero-order valence-electron chi connectivity index (χ0n) is 17.8. The number of carbonyl (C=O) groups excluding carboxylic acids is 1. The number of morpholine rings is 1. The number of halogens is 1. The molecule has 0 unspecified atom stereocenters. The second-order valence-electron chi connectivity index (χ2n) is 7.78. The molecule has 1 heterocycles. The summed E-state index contributed by atoms with van der Waals surface area (Å²) in [5, 5.41) is 5.65. The highest BCUT2D eigenvalue weighted by molar-refractivity contribution is 7.89. The molecule has 2 aromatic carbocycles. The molecule has 0 atom stereocenters. The molecule has 1 aliphatic carbocycles. The van der Waals surface area contributed by atoms with E-state index in [9.17, 15) is 17.6 Å². The number of nitrogens with one attached hydrogen (secondary N) is 2. The van der Waals surface area contributed by atoms with Crippen LogP contribution >= 0.6 is 0 Å². The summed E-state index contributed by atoms with van der Waals surface area (Å²) < 4.78 is 51.8. The van der Waals surface area contributed by atoms with Crippen molar-refractivity contribution < 1.29 is 27.1 Å². The lowest BCUT2D eigenvalue weighted by atomic mass is 10.1. The van der Waals surface area contributed by atoms with Crippen molar-refractivity contribution in [3.05, 3.63) is 53.8 Å². The zero-order chi connectivity index (χ0) is 22.8. The minimum atomic E-state index is -3.82. The lowest BCUT2D eigenvalue weighted by molar-refractivity contribution is 0.0729. The molecule has 4 rings (SSSR count). The van der Waals surface area contributed by atoms with E-state index >= 15 is 0 Å². The van der Waals surface area contributed by atoms with Gasteiger partial charge in [-0.25, -0.2) is 17.6 Å². The van der Waals surface area contributed by atoms with Gasteiger partial charge in [-0.1, -0.05) is 12.1 Å². The van der Waals surface area contributed by atoms with Crippen LogP contribution in [-0.2, 0) is 20.3 Å². The van der Waals surface area contributed by atoms with Crippen LogP contribution in [0.15, 0.2) is 47.4 Å². The molecule has 2 N–H and O–H groups in total. The second kappa shape index (κ2) is 9.05. The number of hydrogen-bond acceptors (Lipinski definition) is 5. The number of benzene rings is 2. The molecule has 2 fully saturated rings. The Balaban J connectivity index is 1.53. The molecule has 2 amide bonds. The van der Waals surface area contributed by atoms with Gasteiger partial charge in [0.2, 0.25) is 10.0 Å². The minimum absolute atomic E-state index is 0.00119. The summed E-state index contributed by atoms with van der Waals surface area (Å²) in [5.74, 6) is -0.104. The maximum absolute atomic E-state index is 13.2. The van der Waals surface area contributed by atoms with E-state index in [1.807, 2.05) is 0 Å². The first-order chi connectivity index (χ1) is 15.3. The van der Waals surface area contributed by atoms with Crippen LogP contribution in [0.5, 0.6) is 5.75 Å².